The number of rotatable bonds is 10. The monoisotopic (exact) mass is 548 g/mol. The van der Waals surface area contributed by atoms with Crippen LogP contribution in [0.3, 0.4) is 0 Å². The second-order valence-electron chi connectivity index (χ2n) is 9.27. The number of morpholine rings is 1. The number of aromatic nitrogens is 1. The molecule has 0 radical (unpaired) electrons. The third-order valence-electron chi connectivity index (χ3n) is 6.56. The first kappa shape index (κ1) is 26.9. The highest BCUT2D eigenvalue weighted by Crippen LogP contribution is 2.25. The number of hydrogen-bond donors (Lipinski definition) is 2. The van der Waals surface area contributed by atoms with Gasteiger partial charge in [-0.3, -0.25) is 19.1 Å². The summed E-state index contributed by atoms with van der Waals surface area (Å²) in [6, 6.07) is 13.2. The van der Waals surface area contributed by atoms with Crippen molar-refractivity contribution in [3.8, 4) is 11.5 Å². The largest absolute Gasteiger partial charge is 0.493 e. The van der Waals surface area contributed by atoms with Gasteiger partial charge in [0.15, 0.2) is 11.4 Å². The van der Waals surface area contributed by atoms with Crippen LogP contribution in [-0.4, -0.2) is 53.9 Å². The van der Waals surface area contributed by atoms with Crippen molar-refractivity contribution in [3.05, 3.63) is 106 Å². The van der Waals surface area contributed by atoms with Crippen LogP contribution in [-0.2, 0) is 17.9 Å². The number of carbonyl (C=O) groups excluding carboxylic acids is 2. The molecule has 0 aliphatic carbocycles. The Balaban J connectivity index is 1.44. The molecule has 1 aromatic heterocycles. The first-order valence-corrected chi connectivity index (χ1v) is 12.9. The molecule has 2 aliphatic rings. The van der Waals surface area contributed by atoms with Gasteiger partial charge in [-0.25, -0.2) is 4.39 Å². The van der Waals surface area contributed by atoms with Crippen molar-refractivity contribution in [1.82, 2.24) is 14.9 Å². The van der Waals surface area contributed by atoms with E-state index in [-0.39, 0.29) is 42.5 Å². The zero-order valence-electron chi connectivity index (χ0n) is 21.7. The Labute approximate surface area is 229 Å². The predicted molar refractivity (Wildman–Crippen MR) is 144 cm³/mol. The van der Waals surface area contributed by atoms with Gasteiger partial charge in [0.25, 0.3) is 11.8 Å². The third kappa shape index (κ3) is 5.69. The molecule has 2 amide bonds. The molecule has 2 N–H and O–H groups in total. The minimum Gasteiger partial charge on any atom is -0.493 e. The molecule has 2 aromatic carbocycles. The fourth-order valence-electron chi connectivity index (χ4n) is 4.50. The fourth-order valence-corrected chi connectivity index (χ4v) is 4.50. The molecule has 208 valence electrons. The van der Waals surface area contributed by atoms with Gasteiger partial charge in [0.2, 0.25) is 5.43 Å². The number of amides is 2. The van der Waals surface area contributed by atoms with Gasteiger partial charge < -0.3 is 29.9 Å². The van der Waals surface area contributed by atoms with Crippen molar-refractivity contribution in [1.29, 1.82) is 0 Å². The van der Waals surface area contributed by atoms with Gasteiger partial charge in [-0.2, -0.15) is 0 Å². The van der Waals surface area contributed by atoms with E-state index < -0.39 is 29.2 Å². The zero-order chi connectivity index (χ0) is 28.1. The fraction of sp³-hybridized carbons (Fsp3) is 0.276. The van der Waals surface area contributed by atoms with E-state index in [4.69, 9.17) is 14.2 Å². The Morgan fingerprint density at radius 2 is 2.02 bits per heavy atom. The normalized spacial score (nSPS) is 15.9. The number of halogens is 1. The number of hydrogen-bond acceptors (Lipinski definition) is 7. The minimum atomic E-state index is -0.719. The van der Waals surface area contributed by atoms with Gasteiger partial charge in [-0.1, -0.05) is 42.5 Å². The highest BCUT2D eigenvalue weighted by atomic mass is 19.1. The van der Waals surface area contributed by atoms with Crippen LogP contribution in [0, 0.1) is 5.82 Å². The average molecular weight is 549 g/mol. The first-order valence-electron chi connectivity index (χ1n) is 12.9. The third-order valence-corrected chi connectivity index (χ3v) is 6.56. The van der Waals surface area contributed by atoms with Crippen LogP contribution < -0.4 is 25.6 Å². The van der Waals surface area contributed by atoms with E-state index in [0.717, 1.165) is 5.56 Å². The minimum absolute atomic E-state index is 0.00655. The number of ether oxygens (including phenoxy) is 3. The maximum absolute atomic E-state index is 13.8. The Bertz CT molecular complexity index is 1480. The molecule has 0 bridgehead atoms. The number of carbonyl (C=O) groups is 2. The van der Waals surface area contributed by atoms with Crippen LogP contribution in [0.4, 0.5) is 4.39 Å². The number of pyridine rings is 1. The van der Waals surface area contributed by atoms with Crippen LogP contribution in [0.1, 0.15) is 38.4 Å². The maximum Gasteiger partial charge on any atom is 0.278 e. The first-order chi connectivity index (χ1) is 19.5. The molecule has 1 saturated heterocycles. The molecule has 11 heteroatoms. The summed E-state index contributed by atoms with van der Waals surface area (Å²) in [4.78, 5) is 41.9. The van der Waals surface area contributed by atoms with E-state index in [1.54, 1.807) is 11.0 Å². The molecule has 0 saturated carbocycles. The summed E-state index contributed by atoms with van der Waals surface area (Å²) in [5.41, 5.74) is 3.51. The second-order valence-corrected chi connectivity index (χ2v) is 9.27. The van der Waals surface area contributed by atoms with Gasteiger partial charge in [0.05, 0.1) is 19.8 Å². The SMILES string of the molecule is C=CCCOc1cc(F)ccc1CNC(=O)c1cn2c(c(OCc3ccccc3)c1=O)C(=O)N1CCOC[C@@H]1N2. The summed E-state index contributed by atoms with van der Waals surface area (Å²) in [5.74, 6) is -1.52. The van der Waals surface area contributed by atoms with Crippen molar-refractivity contribution in [2.24, 2.45) is 0 Å². The average Bonchev–Trinajstić information content (AvgIpc) is 2.97. The summed E-state index contributed by atoms with van der Waals surface area (Å²) in [5, 5.41) is 2.70. The molecule has 40 heavy (non-hydrogen) atoms. The quantitative estimate of drug-likeness (QED) is 0.296. The Morgan fingerprint density at radius 3 is 2.83 bits per heavy atom. The van der Waals surface area contributed by atoms with E-state index in [1.807, 2.05) is 30.3 Å². The Hall–Kier alpha value is -4.64. The molecule has 3 heterocycles. The molecule has 0 unspecified atom stereocenters. The predicted octanol–water partition coefficient (Wildman–Crippen LogP) is 2.81. The van der Waals surface area contributed by atoms with Gasteiger partial charge in [0.1, 0.15) is 29.9 Å². The lowest BCUT2D eigenvalue weighted by Gasteiger charge is -2.41. The lowest BCUT2D eigenvalue weighted by Crippen LogP contribution is -2.59. The van der Waals surface area contributed by atoms with E-state index in [1.165, 1.54) is 29.1 Å². The van der Waals surface area contributed by atoms with Crippen LogP contribution >= 0.6 is 0 Å². The lowest BCUT2D eigenvalue weighted by molar-refractivity contribution is -0.00330. The van der Waals surface area contributed by atoms with Crippen LogP contribution in [0.15, 0.2) is 72.2 Å². The summed E-state index contributed by atoms with van der Waals surface area (Å²) in [7, 11) is 0. The smallest absolute Gasteiger partial charge is 0.278 e. The van der Waals surface area contributed by atoms with E-state index >= 15 is 0 Å². The standard InChI is InChI=1S/C29H29FN4O6/c1-2-3-12-39-23-14-21(30)10-9-20(23)15-31-28(36)22-16-34-25(29(37)33-11-13-38-18-24(33)32-34)27(26(22)35)40-17-19-7-5-4-6-8-19/h2,4-10,14,16,24,32H,1,3,11-13,15,17-18H2,(H,31,36)/t24-/m1/s1. The number of nitrogens with zero attached hydrogens (tertiary/aromatic N) is 2. The lowest BCUT2D eigenvalue weighted by atomic mass is 10.1. The molecule has 2 aliphatic heterocycles. The number of benzene rings is 2. The van der Waals surface area contributed by atoms with Crippen molar-refractivity contribution in [2.45, 2.75) is 25.7 Å². The highest BCUT2D eigenvalue weighted by Gasteiger charge is 2.38. The topological polar surface area (TPSA) is 111 Å². The summed E-state index contributed by atoms with van der Waals surface area (Å²) in [6.07, 6.45) is 3.07. The van der Waals surface area contributed by atoms with Gasteiger partial charge in [0, 0.05) is 30.9 Å². The Kier molecular flexibility index (Phi) is 8.11. The molecule has 3 aromatic rings. The maximum atomic E-state index is 13.8. The molecular formula is C29H29FN4O6. The molecule has 0 spiro atoms. The van der Waals surface area contributed by atoms with Crippen molar-refractivity contribution < 1.29 is 28.2 Å². The van der Waals surface area contributed by atoms with Crippen LogP contribution in [0.2, 0.25) is 0 Å². The van der Waals surface area contributed by atoms with E-state index in [0.29, 0.717) is 31.7 Å². The van der Waals surface area contributed by atoms with Crippen molar-refractivity contribution in [2.75, 3.05) is 31.8 Å². The molecule has 10 nitrogen and oxygen atoms in total. The number of fused-ring (bicyclic) bond motifs is 2. The second kappa shape index (κ2) is 12.0. The van der Waals surface area contributed by atoms with Gasteiger partial charge in [-0.15, -0.1) is 6.58 Å². The molecule has 5 rings (SSSR count). The summed E-state index contributed by atoms with van der Waals surface area (Å²) >= 11 is 0. The molecular weight excluding hydrogens is 519 g/mol. The van der Waals surface area contributed by atoms with E-state index in [9.17, 15) is 18.8 Å². The molecule has 1 atom stereocenters. The summed E-state index contributed by atoms with van der Waals surface area (Å²) in [6.45, 7) is 4.90. The summed E-state index contributed by atoms with van der Waals surface area (Å²) < 4.78 is 32.2. The van der Waals surface area contributed by atoms with Crippen molar-refractivity contribution in [3.63, 3.8) is 0 Å². The van der Waals surface area contributed by atoms with E-state index in [2.05, 4.69) is 17.3 Å². The van der Waals surface area contributed by atoms with Crippen LogP contribution in [0.5, 0.6) is 11.5 Å². The van der Waals surface area contributed by atoms with Gasteiger partial charge in [-0.05, 0) is 18.1 Å². The zero-order valence-corrected chi connectivity index (χ0v) is 21.7. The Morgan fingerprint density at radius 1 is 1.20 bits per heavy atom. The van der Waals surface area contributed by atoms with Crippen molar-refractivity contribution >= 4 is 11.8 Å². The molecule has 1 fully saturated rings. The van der Waals surface area contributed by atoms with Crippen LogP contribution in [0.25, 0.3) is 0 Å². The number of nitrogens with one attached hydrogen (secondary N) is 2. The highest BCUT2D eigenvalue weighted by molar-refractivity contribution is 5.99. The van der Waals surface area contributed by atoms with Gasteiger partial charge >= 0.3 is 0 Å².